The summed E-state index contributed by atoms with van der Waals surface area (Å²) in [7, 11) is 0. The van der Waals surface area contributed by atoms with Gasteiger partial charge in [-0.1, -0.05) is 0 Å². The van der Waals surface area contributed by atoms with Gasteiger partial charge >= 0.3 is 0 Å². The number of ether oxygens (including phenoxy) is 1. The van der Waals surface area contributed by atoms with Crippen molar-refractivity contribution in [3.8, 4) is 5.75 Å². The van der Waals surface area contributed by atoms with Gasteiger partial charge in [0.25, 0.3) is 5.91 Å². The van der Waals surface area contributed by atoms with Crippen LogP contribution in [0.3, 0.4) is 0 Å². The molecule has 1 fully saturated rings. The minimum atomic E-state index is -0.182. The highest BCUT2D eigenvalue weighted by molar-refractivity contribution is 5.95. The lowest BCUT2D eigenvalue weighted by molar-refractivity contribution is 0.0902. The third-order valence-electron chi connectivity index (χ3n) is 3.79. The van der Waals surface area contributed by atoms with E-state index in [4.69, 9.17) is 9.84 Å². The Morgan fingerprint density at radius 3 is 2.76 bits per heavy atom. The van der Waals surface area contributed by atoms with Gasteiger partial charge in [0.15, 0.2) is 11.4 Å². The van der Waals surface area contributed by atoms with E-state index in [1.807, 2.05) is 13.8 Å². The second-order valence-corrected chi connectivity index (χ2v) is 5.89. The molecule has 116 valence electrons. The molecule has 5 heteroatoms. The largest absolute Gasteiger partial charge is 0.489 e. The normalized spacial score (nSPS) is 22.1. The molecule has 5 nitrogen and oxygen atoms in total. The summed E-state index contributed by atoms with van der Waals surface area (Å²) >= 11 is 0. The molecule has 1 amide bonds. The fourth-order valence-corrected chi connectivity index (χ4v) is 2.65. The number of carbonyl (C=O) groups excluding carboxylic acids is 1. The zero-order chi connectivity index (χ0) is 15.2. The first-order valence-corrected chi connectivity index (χ1v) is 7.63. The predicted octanol–water partition coefficient (Wildman–Crippen LogP) is 2.15. The lowest BCUT2D eigenvalue weighted by Crippen LogP contribution is -2.38. The van der Waals surface area contributed by atoms with E-state index >= 15 is 0 Å². The standard InChI is InChI=1S/C16H24N2O3/c1-11(2)21-14-4-3-9-17-15(14)16(20)18-13-7-5-12(10-19)6-8-13/h3-4,9,11-13,19H,5-8,10H2,1-2H3,(H,18,20). The molecule has 0 radical (unpaired) electrons. The summed E-state index contributed by atoms with van der Waals surface area (Å²) in [4.78, 5) is 16.5. The third-order valence-corrected chi connectivity index (χ3v) is 3.79. The van der Waals surface area contributed by atoms with Gasteiger partial charge in [-0.25, -0.2) is 4.98 Å². The molecule has 21 heavy (non-hydrogen) atoms. The van der Waals surface area contributed by atoms with Gasteiger partial charge in [-0.15, -0.1) is 0 Å². The quantitative estimate of drug-likeness (QED) is 0.872. The number of hydrogen-bond donors (Lipinski definition) is 2. The molecule has 0 saturated heterocycles. The van der Waals surface area contributed by atoms with Crippen LogP contribution in [0.5, 0.6) is 5.75 Å². The summed E-state index contributed by atoms with van der Waals surface area (Å²) in [6, 6.07) is 3.69. The highest BCUT2D eigenvalue weighted by Gasteiger charge is 2.24. The van der Waals surface area contributed by atoms with E-state index in [-0.39, 0.29) is 24.7 Å². The minimum absolute atomic E-state index is 0.000688. The molecule has 2 rings (SSSR count). The Morgan fingerprint density at radius 2 is 2.14 bits per heavy atom. The highest BCUT2D eigenvalue weighted by Crippen LogP contribution is 2.24. The van der Waals surface area contributed by atoms with Crippen molar-refractivity contribution in [2.45, 2.75) is 51.7 Å². The van der Waals surface area contributed by atoms with E-state index in [1.165, 1.54) is 0 Å². The summed E-state index contributed by atoms with van der Waals surface area (Å²) < 4.78 is 5.63. The molecule has 0 spiro atoms. The number of amides is 1. The number of nitrogens with one attached hydrogen (secondary N) is 1. The minimum Gasteiger partial charge on any atom is -0.489 e. The molecular weight excluding hydrogens is 268 g/mol. The number of aliphatic hydroxyl groups is 1. The van der Waals surface area contributed by atoms with E-state index in [0.29, 0.717) is 17.4 Å². The van der Waals surface area contributed by atoms with Gasteiger partial charge in [0.1, 0.15) is 0 Å². The van der Waals surface area contributed by atoms with Gasteiger partial charge in [0, 0.05) is 18.8 Å². The molecule has 1 heterocycles. The molecule has 1 aromatic heterocycles. The number of rotatable bonds is 5. The van der Waals surface area contributed by atoms with Crippen molar-refractivity contribution in [1.82, 2.24) is 10.3 Å². The Balaban J connectivity index is 1.97. The molecule has 1 aliphatic carbocycles. The van der Waals surface area contributed by atoms with Crippen LogP contribution in [0.25, 0.3) is 0 Å². The number of hydrogen-bond acceptors (Lipinski definition) is 4. The Hall–Kier alpha value is -1.62. The van der Waals surface area contributed by atoms with Gasteiger partial charge < -0.3 is 15.2 Å². The van der Waals surface area contributed by atoms with Crippen molar-refractivity contribution in [3.63, 3.8) is 0 Å². The van der Waals surface area contributed by atoms with Crippen LogP contribution in [-0.2, 0) is 0 Å². The second-order valence-electron chi connectivity index (χ2n) is 5.89. The van der Waals surface area contributed by atoms with Crippen LogP contribution in [0.2, 0.25) is 0 Å². The Labute approximate surface area is 125 Å². The van der Waals surface area contributed by atoms with E-state index in [1.54, 1.807) is 18.3 Å². The summed E-state index contributed by atoms with van der Waals surface area (Å²) in [5.41, 5.74) is 0.343. The van der Waals surface area contributed by atoms with Crippen LogP contribution in [0.15, 0.2) is 18.3 Å². The SMILES string of the molecule is CC(C)Oc1cccnc1C(=O)NC1CCC(CO)CC1. The Bertz CT molecular complexity index is 468. The maximum Gasteiger partial charge on any atom is 0.273 e. The van der Waals surface area contributed by atoms with E-state index in [2.05, 4.69) is 10.3 Å². The van der Waals surface area contributed by atoms with E-state index in [0.717, 1.165) is 25.7 Å². The maximum absolute atomic E-state index is 12.4. The van der Waals surface area contributed by atoms with Gasteiger partial charge in [-0.2, -0.15) is 0 Å². The van der Waals surface area contributed by atoms with Gasteiger partial charge in [-0.3, -0.25) is 4.79 Å². The topological polar surface area (TPSA) is 71.5 Å². The molecular formula is C16H24N2O3. The summed E-state index contributed by atoms with van der Waals surface area (Å²) in [5, 5.41) is 12.2. The zero-order valence-electron chi connectivity index (χ0n) is 12.7. The average molecular weight is 292 g/mol. The summed E-state index contributed by atoms with van der Waals surface area (Å²) in [6.45, 7) is 4.09. The van der Waals surface area contributed by atoms with Crippen molar-refractivity contribution >= 4 is 5.91 Å². The number of aliphatic hydroxyl groups excluding tert-OH is 1. The molecule has 0 aromatic carbocycles. The number of pyridine rings is 1. The first-order valence-electron chi connectivity index (χ1n) is 7.63. The molecule has 0 aliphatic heterocycles. The Morgan fingerprint density at radius 1 is 1.43 bits per heavy atom. The first-order chi connectivity index (χ1) is 10.1. The molecule has 2 N–H and O–H groups in total. The first kappa shape index (κ1) is 15.8. The van der Waals surface area contributed by atoms with Crippen LogP contribution in [0, 0.1) is 5.92 Å². The van der Waals surface area contributed by atoms with Crippen LogP contribution in [0.4, 0.5) is 0 Å². The fraction of sp³-hybridized carbons (Fsp3) is 0.625. The lowest BCUT2D eigenvalue weighted by Gasteiger charge is -2.28. The molecule has 0 atom stereocenters. The van der Waals surface area contributed by atoms with Crippen molar-refractivity contribution < 1.29 is 14.6 Å². The zero-order valence-corrected chi connectivity index (χ0v) is 12.7. The Kier molecular flexibility index (Phi) is 5.56. The fourth-order valence-electron chi connectivity index (χ4n) is 2.65. The van der Waals surface area contributed by atoms with Crippen LogP contribution in [-0.4, -0.2) is 34.8 Å². The van der Waals surface area contributed by atoms with Gasteiger partial charge in [0.05, 0.1) is 6.10 Å². The van der Waals surface area contributed by atoms with E-state index in [9.17, 15) is 4.79 Å². The number of aromatic nitrogens is 1. The van der Waals surface area contributed by atoms with Gasteiger partial charge in [-0.05, 0) is 57.6 Å². The average Bonchev–Trinajstić information content (AvgIpc) is 2.48. The highest BCUT2D eigenvalue weighted by atomic mass is 16.5. The smallest absolute Gasteiger partial charge is 0.273 e. The summed E-state index contributed by atoms with van der Waals surface area (Å²) in [5.74, 6) is 0.723. The van der Waals surface area contributed by atoms with Gasteiger partial charge in [0.2, 0.25) is 0 Å². The molecule has 1 saturated carbocycles. The van der Waals surface area contributed by atoms with Crippen molar-refractivity contribution in [1.29, 1.82) is 0 Å². The number of nitrogens with zero attached hydrogens (tertiary/aromatic N) is 1. The molecule has 1 aliphatic rings. The number of carbonyl (C=O) groups is 1. The van der Waals surface area contributed by atoms with Crippen LogP contribution < -0.4 is 10.1 Å². The lowest BCUT2D eigenvalue weighted by atomic mass is 9.86. The molecule has 0 unspecified atom stereocenters. The predicted molar refractivity (Wildman–Crippen MR) is 80.3 cm³/mol. The van der Waals surface area contributed by atoms with Crippen molar-refractivity contribution in [2.24, 2.45) is 5.92 Å². The molecule has 1 aromatic rings. The summed E-state index contributed by atoms with van der Waals surface area (Å²) in [6.07, 6.45) is 5.33. The third kappa shape index (κ3) is 4.43. The van der Waals surface area contributed by atoms with E-state index < -0.39 is 0 Å². The molecule has 0 bridgehead atoms. The second kappa shape index (κ2) is 7.41. The maximum atomic E-state index is 12.4. The van der Waals surface area contributed by atoms with Crippen molar-refractivity contribution in [2.75, 3.05) is 6.61 Å². The van der Waals surface area contributed by atoms with Crippen LogP contribution >= 0.6 is 0 Å². The van der Waals surface area contributed by atoms with Crippen LogP contribution in [0.1, 0.15) is 50.0 Å². The monoisotopic (exact) mass is 292 g/mol. The van der Waals surface area contributed by atoms with Crippen molar-refractivity contribution in [3.05, 3.63) is 24.0 Å².